The van der Waals surface area contributed by atoms with Crippen molar-refractivity contribution in [2.45, 2.75) is 13.0 Å². The molecule has 0 aliphatic rings. The summed E-state index contributed by atoms with van der Waals surface area (Å²) in [4.78, 5) is 10.7. The Morgan fingerprint density at radius 1 is 1.43 bits per heavy atom. The lowest BCUT2D eigenvalue weighted by atomic mass is 9.96. The predicted octanol–water partition coefficient (Wildman–Crippen LogP) is 2.06. The fourth-order valence-electron chi connectivity index (χ4n) is 1.13. The van der Waals surface area contributed by atoms with Crippen LogP contribution < -0.4 is 5.73 Å². The summed E-state index contributed by atoms with van der Waals surface area (Å²) >= 11 is 5.70. The molecule has 0 unspecified atom stereocenters. The van der Waals surface area contributed by atoms with E-state index in [4.69, 9.17) is 22.4 Å². The van der Waals surface area contributed by atoms with Gasteiger partial charge in [-0.05, 0) is 17.7 Å². The van der Waals surface area contributed by atoms with Gasteiger partial charge in [-0.3, -0.25) is 4.79 Å². The Bertz CT molecular complexity index is 323. The summed E-state index contributed by atoms with van der Waals surface area (Å²) in [5, 5.41) is 9.38. The molecule has 0 aromatic heterocycles. The summed E-state index contributed by atoms with van der Waals surface area (Å²) in [6, 6.07) is 6.39. The molecule has 0 aliphatic carbocycles. The molecule has 76 valence electrons. The highest BCUT2D eigenvalue weighted by atomic mass is 35.5. The molecular formula is C10H12ClNO2. The number of rotatable bonds is 3. The number of carbonyl (C=O) groups is 1. The summed E-state index contributed by atoms with van der Waals surface area (Å²) in [5.74, 6) is -1.50. The minimum Gasteiger partial charge on any atom is -0.481 e. The number of carboxylic acid groups (broad SMARTS) is 1. The summed E-state index contributed by atoms with van der Waals surface area (Å²) in [7, 11) is 0. The van der Waals surface area contributed by atoms with Crippen LogP contribution in [0.4, 0.5) is 0 Å². The number of nitrogens with two attached hydrogens (primary N) is 1. The number of hydrogen-bond donors (Lipinski definition) is 2. The van der Waals surface area contributed by atoms with Gasteiger partial charge >= 0.3 is 5.97 Å². The molecule has 0 saturated carbocycles. The molecule has 1 aromatic rings. The SMILES string of the molecule is C[C@H](C(=O)O)[C@H](N)c1ccc(Cl)cc1. The summed E-state index contributed by atoms with van der Waals surface area (Å²) in [5.41, 5.74) is 6.55. The van der Waals surface area contributed by atoms with E-state index < -0.39 is 17.9 Å². The molecule has 4 heteroatoms. The third-order valence-electron chi connectivity index (χ3n) is 2.18. The van der Waals surface area contributed by atoms with Gasteiger partial charge in [0.2, 0.25) is 0 Å². The van der Waals surface area contributed by atoms with Crippen molar-refractivity contribution < 1.29 is 9.90 Å². The molecule has 1 aromatic carbocycles. The van der Waals surface area contributed by atoms with E-state index in [-0.39, 0.29) is 0 Å². The van der Waals surface area contributed by atoms with Crippen molar-refractivity contribution in [1.29, 1.82) is 0 Å². The first kappa shape index (κ1) is 11.0. The first-order chi connectivity index (χ1) is 6.52. The van der Waals surface area contributed by atoms with Crippen molar-refractivity contribution in [3.05, 3.63) is 34.9 Å². The summed E-state index contributed by atoms with van der Waals surface area (Å²) < 4.78 is 0. The molecule has 14 heavy (non-hydrogen) atoms. The molecule has 0 saturated heterocycles. The molecule has 0 heterocycles. The zero-order valence-electron chi connectivity index (χ0n) is 7.77. The summed E-state index contributed by atoms with van der Waals surface area (Å²) in [6.07, 6.45) is 0. The molecule has 1 rings (SSSR count). The lowest BCUT2D eigenvalue weighted by molar-refractivity contribution is -0.141. The summed E-state index contributed by atoms with van der Waals surface area (Å²) in [6.45, 7) is 1.58. The Hall–Kier alpha value is -1.06. The quantitative estimate of drug-likeness (QED) is 0.808. The minimum atomic E-state index is -0.896. The second-order valence-corrected chi connectivity index (χ2v) is 3.64. The Kier molecular flexibility index (Phi) is 3.49. The number of hydrogen-bond acceptors (Lipinski definition) is 2. The van der Waals surface area contributed by atoms with E-state index in [1.807, 2.05) is 0 Å². The number of carboxylic acids is 1. The van der Waals surface area contributed by atoms with Crippen LogP contribution in [0, 0.1) is 5.92 Å². The third kappa shape index (κ3) is 2.47. The van der Waals surface area contributed by atoms with Crippen LogP contribution in [-0.2, 0) is 4.79 Å². The average molecular weight is 214 g/mol. The highest BCUT2D eigenvalue weighted by molar-refractivity contribution is 6.30. The second kappa shape index (κ2) is 4.44. The van der Waals surface area contributed by atoms with E-state index in [1.165, 1.54) is 0 Å². The topological polar surface area (TPSA) is 63.3 Å². The second-order valence-electron chi connectivity index (χ2n) is 3.20. The van der Waals surface area contributed by atoms with Crippen molar-refractivity contribution in [3.63, 3.8) is 0 Å². The molecule has 0 fully saturated rings. The largest absolute Gasteiger partial charge is 0.481 e. The van der Waals surface area contributed by atoms with E-state index in [2.05, 4.69) is 0 Å². The number of aliphatic carboxylic acids is 1. The zero-order chi connectivity index (χ0) is 10.7. The average Bonchev–Trinajstić information content (AvgIpc) is 2.16. The van der Waals surface area contributed by atoms with Gasteiger partial charge in [0.25, 0.3) is 0 Å². The van der Waals surface area contributed by atoms with Crippen LogP contribution in [0.5, 0.6) is 0 Å². The highest BCUT2D eigenvalue weighted by Crippen LogP contribution is 2.21. The van der Waals surface area contributed by atoms with Gasteiger partial charge in [0.15, 0.2) is 0 Å². The first-order valence-corrected chi connectivity index (χ1v) is 4.64. The van der Waals surface area contributed by atoms with Crippen LogP contribution in [0.2, 0.25) is 5.02 Å². The van der Waals surface area contributed by atoms with Crippen LogP contribution in [0.1, 0.15) is 18.5 Å². The zero-order valence-corrected chi connectivity index (χ0v) is 8.53. The number of benzene rings is 1. The molecule has 0 amide bonds. The van der Waals surface area contributed by atoms with Gasteiger partial charge in [-0.15, -0.1) is 0 Å². The highest BCUT2D eigenvalue weighted by Gasteiger charge is 2.20. The van der Waals surface area contributed by atoms with Crippen LogP contribution in [-0.4, -0.2) is 11.1 Å². The van der Waals surface area contributed by atoms with Crippen LogP contribution in [0.15, 0.2) is 24.3 Å². The van der Waals surface area contributed by atoms with Gasteiger partial charge < -0.3 is 10.8 Å². The van der Waals surface area contributed by atoms with Crippen molar-refractivity contribution >= 4 is 17.6 Å². The smallest absolute Gasteiger partial charge is 0.308 e. The Morgan fingerprint density at radius 3 is 2.36 bits per heavy atom. The normalized spacial score (nSPS) is 14.8. The Morgan fingerprint density at radius 2 is 1.93 bits per heavy atom. The lowest BCUT2D eigenvalue weighted by Crippen LogP contribution is -2.25. The van der Waals surface area contributed by atoms with Gasteiger partial charge in [0.05, 0.1) is 5.92 Å². The van der Waals surface area contributed by atoms with Crippen molar-refractivity contribution in [2.24, 2.45) is 11.7 Å². The molecule has 3 nitrogen and oxygen atoms in total. The number of halogens is 1. The maximum Gasteiger partial charge on any atom is 0.308 e. The van der Waals surface area contributed by atoms with E-state index in [9.17, 15) is 4.79 Å². The van der Waals surface area contributed by atoms with Crippen LogP contribution in [0.25, 0.3) is 0 Å². The van der Waals surface area contributed by atoms with Crippen LogP contribution >= 0.6 is 11.6 Å². The van der Waals surface area contributed by atoms with Gasteiger partial charge in [0, 0.05) is 11.1 Å². The maximum atomic E-state index is 10.7. The minimum absolute atomic E-state index is 0.496. The van der Waals surface area contributed by atoms with E-state index in [0.29, 0.717) is 5.02 Å². The van der Waals surface area contributed by atoms with E-state index in [0.717, 1.165) is 5.56 Å². The Balaban J connectivity index is 2.84. The van der Waals surface area contributed by atoms with Crippen molar-refractivity contribution in [3.8, 4) is 0 Å². The molecular weight excluding hydrogens is 202 g/mol. The molecule has 3 N–H and O–H groups in total. The van der Waals surface area contributed by atoms with Crippen molar-refractivity contribution in [2.75, 3.05) is 0 Å². The fraction of sp³-hybridized carbons (Fsp3) is 0.300. The standard InChI is InChI=1S/C10H12ClNO2/c1-6(10(13)14)9(12)7-2-4-8(11)5-3-7/h2-6,9H,12H2,1H3,(H,13,14)/t6-,9-/m0/s1. The maximum absolute atomic E-state index is 10.7. The van der Waals surface area contributed by atoms with Crippen molar-refractivity contribution in [1.82, 2.24) is 0 Å². The van der Waals surface area contributed by atoms with E-state index >= 15 is 0 Å². The fourth-order valence-corrected chi connectivity index (χ4v) is 1.25. The third-order valence-corrected chi connectivity index (χ3v) is 2.44. The molecule has 0 aliphatic heterocycles. The van der Waals surface area contributed by atoms with Gasteiger partial charge in [-0.2, -0.15) is 0 Å². The van der Waals surface area contributed by atoms with E-state index in [1.54, 1.807) is 31.2 Å². The van der Waals surface area contributed by atoms with Gasteiger partial charge in [-0.25, -0.2) is 0 Å². The van der Waals surface area contributed by atoms with Gasteiger partial charge in [-0.1, -0.05) is 30.7 Å². The molecule has 0 bridgehead atoms. The van der Waals surface area contributed by atoms with Gasteiger partial charge in [0.1, 0.15) is 0 Å². The Labute approximate surface area is 87.5 Å². The van der Waals surface area contributed by atoms with Crippen LogP contribution in [0.3, 0.4) is 0 Å². The monoisotopic (exact) mass is 213 g/mol. The first-order valence-electron chi connectivity index (χ1n) is 4.26. The molecule has 2 atom stereocenters. The predicted molar refractivity (Wildman–Crippen MR) is 55.2 cm³/mol. The lowest BCUT2D eigenvalue weighted by Gasteiger charge is -2.16. The molecule has 0 spiro atoms. The molecule has 0 radical (unpaired) electrons.